The van der Waals surface area contributed by atoms with Gasteiger partial charge in [0.2, 0.25) is 10.0 Å². The van der Waals surface area contributed by atoms with Crippen molar-refractivity contribution >= 4 is 51.7 Å². The van der Waals surface area contributed by atoms with Crippen molar-refractivity contribution in [3.05, 3.63) is 65.0 Å². The highest BCUT2D eigenvalue weighted by atomic mass is 127. The van der Waals surface area contributed by atoms with E-state index in [2.05, 4.69) is 20.3 Å². The fourth-order valence-corrected chi connectivity index (χ4v) is 4.24. The van der Waals surface area contributed by atoms with E-state index in [1.807, 2.05) is 13.2 Å². The van der Waals surface area contributed by atoms with Crippen molar-refractivity contribution < 1.29 is 12.8 Å². The van der Waals surface area contributed by atoms with Crippen LogP contribution in [0, 0.1) is 12.7 Å². The SMILES string of the molecule is CN=C(NCCNS(=O)(=O)c1ccc(C)cc1)NCc1ccc(F)cc1CSC.I. The van der Waals surface area contributed by atoms with Crippen LogP contribution in [0.4, 0.5) is 4.39 Å². The Morgan fingerprint density at radius 1 is 1.07 bits per heavy atom. The lowest BCUT2D eigenvalue weighted by molar-refractivity contribution is 0.580. The van der Waals surface area contributed by atoms with E-state index < -0.39 is 10.0 Å². The number of hydrogen-bond acceptors (Lipinski definition) is 4. The third-order valence-corrected chi connectivity index (χ3v) is 6.26. The summed E-state index contributed by atoms with van der Waals surface area (Å²) in [4.78, 5) is 4.38. The second kappa shape index (κ2) is 13.1. The molecule has 6 nitrogen and oxygen atoms in total. The number of guanidine groups is 1. The number of halogens is 2. The molecule has 0 amide bonds. The summed E-state index contributed by atoms with van der Waals surface area (Å²) in [6.45, 7) is 2.98. The first-order valence-electron chi connectivity index (χ1n) is 9.13. The molecule has 0 aliphatic carbocycles. The van der Waals surface area contributed by atoms with Crippen LogP contribution in [0.15, 0.2) is 52.4 Å². The first kappa shape index (κ1) is 26.7. The molecule has 0 atom stereocenters. The minimum absolute atomic E-state index is 0. The average molecular weight is 567 g/mol. The molecule has 0 saturated carbocycles. The number of nitrogens with zero attached hydrogens (tertiary/aromatic N) is 1. The molecule has 0 saturated heterocycles. The zero-order valence-electron chi connectivity index (χ0n) is 17.2. The quantitative estimate of drug-likeness (QED) is 0.188. The van der Waals surface area contributed by atoms with Gasteiger partial charge >= 0.3 is 0 Å². The van der Waals surface area contributed by atoms with Crippen molar-refractivity contribution in [3.63, 3.8) is 0 Å². The number of hydrogen-bond donors (Lipinski definition) is 3. The molecular weight excluding hydrogens is 538 g/mol. The van der Waals surface area contributed by atoms with Gasteiger partial charge < -0.3 is 10.6 Å². The van der Waals surface area contributed by atoms with E-state index in [4.69, 9.17) is 0 Å². The van der Waals surface area contributed by atoms with Crippen molar-refractivity contribution in [3.8, 4) is 0 Å². The largest absolute Gasteiger partial charge is 0.355 e. The lowest BCUT2D eigenvalue weighted by Crippen LogP contribution is -2.41. The Kier molecular flexibility index (Phi) is 11.7. The van der Waals surface area contributed by atoms with E-state index in [0.29, 0.717) is 19.0 Å². The minimum Gasteiger partial charge on any atom is -0.355 e. The molecule has 0 aliphatic heterocycles. The summed E-state index contributed by atoms with van der Waals surface area (Å²) in [5.74, 6) is 1.02. The molecule has 2 rings (SSSR count). The molecule has 0 spiro atoms. The van der Waals surface area contributed by atoms with E-state index >= 15 is 0 Å². The number of rotatable bonds is 9. The van der Waals surface area contributed by atoms with Gasteiger partial charge in [-0.05, 0) is 48.6 Å². The van der Waals surface area contributed by atoms with E-state index in [1.54, 1.807) is 55.2 Å². The number of thioether (sulfide) groups is 1. The molecule has 0 radical (unpaired) electrons. The van der Waals surface area contributed by atoms with E-state index in [-0.39, 0.29) is 41.2 Å². The Bertz CT molecular complexity index is 938. The second-order valence-corrected chi connectivity index (χ2v) is 9.04. The smallest absolute Gasteiger partial charge is 0.240 e. The lowest BCUT2D eigenvalue weighted by Gasteiger charge is -2.14. The molecule has 166 valence electrons. The molecule has 2 aromatic rings. The highest BCUT2D eigenvalue weighted by molar-refractivity contribution is 14.0. The maximum absolute atomic E-state index is 13.5. The maximum Gasteiger partial charge on any atom is 0.240 e. The van der Waals surface area contributed by atoms with Crippen LogP contribution in [0.5, 0.6) is 0 Å². The van der Waals surface area contributed by atoms with Gasteiger partial charge in [-0.3, -0.25) is 4.99 Å². The van der Waals surface area contributed by atoms with Gasteiger partial charge in [0, 0.05) is 32.4 Å². The zero-order valence-corrected chi connectivity index (χ0v) is 21.2. The lowest BCUT2D eigenvalue weighted by atomic mass is 10.1. The third-order valence-electron chi connectivity index (χ3n) is 4.18. The minimum atomic E-state index is -3.54. The molecule has 0 bridgehead atoms. The van der Waals surface area contributed by atoms with Gasteiger partial charge in [0.1, 0.15) is 5.82 Å². The van der Waals surface area contributed by atoms with E-state index in [0.717, 1.165) is 22.4 Å². The van der Waals surface area contributed by atoms with Gasteiger partial charge in [-0.25, -0.2) is 17.5 Å². The highest BCUT2D eigenvalue weighted by Gasteiger charge is 2.12. The van der Waals surface area contributed by atoms with Crippen LogP contribution in [-0.4, -0.2) is 40.8 Å². The summed E-state index contributed by atoms with van der Waals surface area (Å²) in [7, 11) is -1.90. The Balaban J connectivity index is 0.00000450. The predicted octanol–water partition coefficient (Wildman–Crippen LogP) is 3.26. The second-order valence-electron chi connectivity index (χ2n) is 6.41. The molecule has 0 fully saturated rings. The van der Waals surface area contributed by atoms with Crippen LogP contribution < -0.4 is 15.4 Å². The maximum atomic E-state index is 13.5. The van der Waals surface area contributed by atoms with Crippen molar-refractivity contribution in [2.75, 3.05) is 26.4 Å². The van der Waals surface area contributed by atoms with E-state index in [1.165, 1.54) is 6.07 Å². The Morgan fingerprint density at radius 2 is 1.77 bits per heavy atom. The number of nitrogens with one attached hydrogen (secondary N) is 3. The van der Waals surface area contributed by atoms with Gasteiger partial charge in [-0.2, -0.15) is 11.8 Å². The summed E-state index contributed by atoms with van der Waals surface area (Å²) in [6, 6.07) is 11.4. The van der Waals surface area contributed by atoms with Crippen LogP contribution in [0.2, 0.25) is 0 Å². The van der Waals surface area contributed by atoms with Crippen molar-refractivity contribution in [2.24, 2.45) is 4.99 Å². The molecule has 0 aromatic heterocycles. The molecule has 0 aliphatic rings. The normalized spacial score (nSPS) is 11.7. The molecule has 10 heteroatoms. The fourth-order valence-electron chi connectivity index (χ4n) is 2.62. The predicted molar refractivity (Wildman–Crippen MR) is 134 cm³/mol. The molecule has 2 aromatic carbocycles. The summed E-state index contributed by atoms with van der Waals surface area (Å²) in [6.07, 6.45) is 1.97. The molecule has 0 unspecified atom stereocenters. The molecule has 0 heterocycles. The molecular formula is C20H28FIN4O2S2. The van der Waals surface area contributed by atoms with Crippen LogP contribution in [0.25, 0.3) is 0 Å². The average Bonchev–Trinajstić information content (AvgIpc) is 2.69. The van der Waals surface area contributed by atoms with Crippen molar-refractivity contribution in [1.82, 2.24) is 15.4 Å². The fraction of sp³-hybridized carbons (Fsp3) is 0.350. The van der Waals surface area contributed by atoms with E-state index in [9.17, 15) is 12.8 Å². The first-order valence-corrected chi connectivity index (χ1v) is 12.0. The monoisotopic (exact) mass is 566 g/mol. The number of sulfonamides is 1. The van der Waals surface area contributed by atoms with Gasteiger partial charge in [0.15, 0.2) is 5.96 Å². The third kappa shape index (κ3) is 8.40. The van der Waals surface area contributed by atoms with Gasteiger partial charge in [-0.1, -0.05) is 23.8 Å². The zero-order chi connectivity index (χ0) is 21.3. The summed E-state index contributed by atoms with van der Waals surface area (Å²) >= 11 is 1.63. The van der Waals surface area contributed by atoms with Crippen LogP contribution in [0.1, 0.15) is 16.7 Å². The van der Waals surface area contributed by atoms with Crippen molar-refractivity contribution in [2.45, 2.75) is 24.1 Å². The number of benzene rings is 2. The van der Waals surface area contributed by atoms with Crippen LogP contribution in [0.3, 0.4) is 0 Å². The summed E-state index contributed by atoms with van der Waals surface area (Å²) in [5.41, 5.74) is 2.93. The van der Waals surface area contributed by atoms with Gasteiger partial charge in [-0.15, -0.1) is 24.0 Å². The molecule has 3 N–H and O–H groups in total. The molecule has 30 heavy (non-hydrogen) atoms. The summed E-state index contributed by atoms with van der Waals surface area (Å²) in [5, 5.41) is 6.24. The number of aryl methyl sites for hydroxylation is 1. The Labute approximate surface area is 199 Å². The number of aliphatic imine (C=N–C) groups is 1. The van der Waals surface area contributed by atoms with Gasteiger partial charge in [0.25, 0.3) is 0 Å². The highest BCUT2D eigenvalue weighted by Crippen LogP contribution is 2.16. The van der Waals surface area contributed by atoms with Crippen molar-refractivity contribution in [1.29, 1.82) is 0 Å². The first-order chi connectivity index (χ1) is 13.9. The van der Waals surface area contributed by atoms with Gasteiger partial charge in [0.05, 0.1) is 4.90 Å². The standard InChI is InChI=1S/C20H27FN4O2S2.HI/c1-15-4-8-19(9-5-15)29(26,27)25-11-10-23-20(22-2)24-13-16-6-7-18(21)12-17(16)14-28-3;/h4-9,12,25H,10-11,13-14H2,1-3H3,(H2,22,23,24);1H. The topological polar surface area (TPSA) is 82.6 Å². The Hall–Kier alpha value is -1.37. The Morgan fingerprint density at radius 3 is 2.40 bits per heavy atom. The van der Waals surface area contributed by atoms with Crippen LogP contribution >= 0.6 is 35.7 Å². The summed E-state index contributed by atoms with van der Waals surface area (Å²) < 4.78 is 40.6. The van der Waals surface area contributed by atoms with Crippen LogP contribution in [-0.2, 0) is 22.3 Å².